The first-order chi connectivity index (χ1) is 5.74. The molecule has 12 heavy (non-hydrogen) atoms. The van der Waals surface area contributed by atoms with Gasteiger partial charge in [0.25, 0.3) is 0 Å². The largest absolute Gasteiger partial charge is 0.324 e. The second kappa shape index (κ2) is 4.42. The van der Waals surface area contributed by atoms with Gasteiger partial charge in [-0.05, 0) is 34.7 Å². The summed E-state index contributed by atoms with van der Waals surface area (Å²) in [5.74, 6) is -0.167. The van der Waals surface area contributed by atoms with Crippen molar-refractivity contribution < 1.29 is 4.79 Å². The number of rotatable bonds is 2. The molecule has 1 amide bonds. The summed E-state index contributed by atoms with van der Waals surface area (Å²) in [6.45, 7) is 0.0188. The zero-order valence-electron chi connectivity index (χ0n) is 6.38. The molecule has 0 aliphatic rings. The molecule has 0 aliphatic heterocycles. The van der Waals surface area contributed by atoms with Crippen LogP contribution in [0.2, 0.25) is 0 Å². The third-order valence-electron chi connectivity index (χ3n) is 1.33. The molecule has 0 aromatic heterocycles. The highest BCUT2D eigenvalue weighted by Gasteiger charge is 2.00. The smallest absolute Gasteiger partial charge is 0.238 e. The third kappa shape index (κ3) is 2.46. The van der Waals surface area contributed by atoms with Gasteiger partial charge in [0.1, 0.15) is 0 Å². The third-order valence-corrected chi connectivity index (χ3v) is 2.27. The first-order valence-corrected chi connectivity index (χ1v) is 4.56. The summed E-state index contributed by atoms with van der Waals surface area (Å²) in [6.07, 6.45) is 0. The van der Waals surface area contributed by atoms with Crippen LogP contribution in [0.3, 0.4) is 0 Å². The molecule has 0 fully saturated rings. The van der Waals surface area contributed by atoms with Gasteiger partial charge in [-0.15, -0.1) is 0 Å². The number of nitrogens with one attached hydrogen (secondary N) is 1. The first kappa shape index (κ1) is 9.47. The van der Waals surface area contributed by atoms with Crippen molar-refractivity contribution in [2.24, 2.45) is 5.73 Å². The van der Waals surface area contributed by atoms with Crippen LogP contribution in [-0.4, -0.2) is 12.5 Å². The van der Waals surface area contributed by atoms with Gasteiger partial charge in [0, 0.05) is 3.57 Å². The highest BCUT2D eigenvalue weighted by atomic mass is 127. The number of carbonyl (C=O) groups excluding carboxylic acids is 1. The van der Waals surface area contributed by atoms with Crippen molar-refractivity contribution >= 4 is 34.2 Å². The minimum absolute atomic E-state index is 0.0188. The van der Waals surface area contributed by atoms with E-state index in [0.29, 0.717) is 0 Å². The summed E-state index contributed by atoms with van der Waals surface area (Å²) in [4.78, 5) is 10.9. The van der Waals surface area contributed by atoms with Gasteiger partial charge in [-0.25, -0.2) is 0 Å². The van der Waals surface area contributed by atoms with E-state index in [2.05, 4.69) is 27.9 Å². The molecule has 0 unspecified atom stereocenters. The van der Waals surface area contributed by atoms with Crippen LogP contribution in [0.25, 0.3) is 0 Å². The van der Waals surface area contributed by atoms with Gasteiger partial charge < -0.3 is 11.1 Å². The van der Waals surface area contributed by atoms with Crippen LogP contribution in [0.1, 0.15) is 0 Å². The molecule has 3 nitrogen and oxygen atoms in total. The van der Waals surface area contributed by atoms with Crippen LogP contribution in [0.5, 0.6) is 0 Å². The number of halogens is 1. The lowest BCUT2D eigenvalue weighted by Gasteiger charge is -2.04. The topological polar surface area (TPSA) is 55.1 Å². The van der Waals surface area contributed by atoms with Gasteiger partial charge in [-0.1, -0.05) is 12.1 Å². The Bertz CT molecular complexity index is 288. The first-order valence-electron chi connectivity index (χ1n) is 3.48. The minimum atomic E-state index is -0.167. The Morgan fingerprint density at radius 2 is 2.17 bits per heavy atom. The molecule has 1 rings (SSSR count). The van der Waals surface area contributed by atoms with E-state index in [-0.39, 0.29) is 12.5 Å². The SMILES string of the molecule is NCC(=O)Nc1ccccc1I. The molecule has 4 heteroatoms. The molecule has 0 saturated carbocycles. The Morgan fingerprint density at radius 3 is 2.75 bits per heavy atom. The molecular weight excluding hydrogens is 267 g/mol. The quantitative estimate of drug-likeness (QED) is 0.797. The van der Waals surface area contributed by atoms with Crippen LogP contribution < -0.4 is 11.1 Å². The standard InChI is InChI=1S/C8H9IN2O/c9-6-3-1-2-4-7(6)11-8(12)5-10/h1-4H,5,10H2,(H,11,12). The number of anilines is 1. The average molecular weight is 276 g/mol. The highest BCUT2D eigenvalue weighted by molar-refractivity contribution is 14.1. The Hall–Kier alpha value is -0.620. The van der Waals surface area contributed by atoms with Gasteiger partial charge in [0.15, 0.2) is 0 Å². The van der Waals surface area contributed by atoms with Crippen LogP contribution in [0.4, 0.5) is 5.69 Å². The fourth-order valence-corrected chi connectivity index (χ4v) is 1.29. The van der Waals surface area contributed by atoms with E-state index in [1.807, 2.05) is 24.3 Å². The van der Waals surface area contributed by atoms with Crippen LogP contribution in [0, 0.1) is 3.57 Å². The molecule has 3 N–H and O–H groups in total. The number of amides is 1. The Morgan fingerprint density at radius 1 is 1.50 bits per heavy atom. The molecule has 0 aliphatic carbocycles. The molecule has 0 bridgehead atoms. The fourth-order valence-electron chi connectivity index (χ4n) is 0.764. The van der Waals surface area contributed by atoms with E-state index in [9.17, 15) is 4.79 Å². The number of hydrogen-bond acceptors (Lipinski definition) is 2. The maximum atomic E-state index is 10.9. The van der Waals surface area contributed by atoms with Gasteiger partial charge in [0.2, 0.25) is 5.91 Å². The van der Waals surface area contributed by atoms with Gasteiger partial charge in [-0.3, -0.25) is 4.79 Å². The van der Waals surface area contributed by atoms with Crippen LogP contribution in [0.15, 0.2) is 24.3 Å². The zero-order valence-corrected chi connectivity index (χ0v) is 8.54. The van der Waals surface area contributed by atoms with E-state index in [1.54, 1.807) is 0 Å². The van der Waals surface area contributed by atoms with Gasteiger partial charge in [0.05, 0.1) is 12.2 Å². The fraction of sp³-hybridized carbons (Fsp3) is 0.125. The Labute approximate surface area is 84.5 Å². The van der Waals surface area contributed by atoms with E-state index in [1.165, 1.54) is 0 Å². The molecule has 64 valence electrons. The molecule has 0 atom stereocenters. The highest BCUT2D eigenvalue weighted by Crippen LogP contribution is 2.16. The molecular formula is C8H9IN2O. The molecule has 0 radical (unpaired) electrons. The number of benzene rings is 1. The van der Waals surface area contributed by atoms with Crippen molar-refractivity contribution in [1.29, 1.82) is 0 Å². The molecule has 1 aromatic rings. The Kier molecular flexibility index (Phi) is 3.48. The molecule has 0 saturated heterocycles. The summed E-state index contributed by atoms with van der Waals surface area (Å²) in [5, 5.41) is 2.69. The summed E-state index contributed by atoms with van der Waals surface area (Å²) in [5.41, 5.74) is 5.97. The lowest BCUT2D eigenvalue weighted by Crippen LogP contribution is -2.22. The van der Waals surface area contributed by atoms with Crippen molar-refractivity contribution in [2.75, 3.05) is 11.9 Å². The van der Waals surface area contributed by atoms with Crippen molar-refractivity contribution in [3.63, 3.8) is 0 Å². The summed E-state index contributed by atoms with van der Waals surface area (Å²) < 4.78 is 1.01. The minimum Gasteiger partial charge on any atom is -0.324 e. The summed E-state index contributed by atoms with van der Waals surface area (Å²) >= 11 is 2.15. The second-order valence-corrected chi connectivity index (χ2v) is 3.39. The zero-order chi connectivity index (χ0) is 8.97. The maximum Gasteiger partial charge on any atom is 0.238 e. The van der Waals surface area contributed by atoms with E-state index < -0.39 is 0 Å². The summed E-state index contributed by atoms with van der Waals surface area (Å²) in [6, 6.07) is 7.55. The van der Waals surface area contributed by atoms with Gasteiger partial charge >= 0.3 is 0 Å². The van der Waals surface area contributed by atoms with Crippen molar-refractivity contribution in [1.82, 2.24) is 0 Å². The second-order valence-electron chi connectivity index (χ2n) is 2.23. The maximum absolute atomic E-state index is 10.9. The van der Waals surface area contributed by atoms with Gasteiger partial charge in [-0.2, -0.15) is 0 Å². The predicted molar refractivity (Wildman–Crippen MR) is 56.8 cm³/mol. The van der Waals surface area contributed by atoms with Crippen LogP contribution >= 0.6 is 22.6 Å². The van der Waals surface area contributed by atoms with Crippen molar-refractivity contribution in [3.8, 4) is 0 Å². The molecule has 1 aromatic carbocycles. The monoisotopic (exact) mass is 276 g/mol. The predicted octanol–water partition coefficient (Wildman–Crippen LogP) is 1.19. The number of hydrogen-bond donors (Lipinski definition) is 2. The number of nitrogens with two attached hydrogens (primary N) is 1. The average Bonchev–Trinajstić information content (AvgIpc) is 2.09. The number of carbonyl (C=O) groups is 1. The number of para-hydroxylation sites is 1. The lowest BCUT2D eigenvalue weighted by molar-refractivity contribution is -0.114. The lowest BCUT2D eigenvalue weighted by atomic mass is 10.3. The Balaban J connectivity index is 2.75. The summed E-state index contributed by atoms with van der Waals surface area (Å²) in [7, 11) is 0. The molecule has 0 spiro atoms. The van der Waals surface area contributed by atoms with E-state index in [4.69, 9.17) is 5.73 Å². The van der Waals surface area contributed by atoms with E-state index >= 15 is 0 Å². The molecule has 0 heterocycles. The van der Waals surface area contributed by atoms with E-state index in [0.717, 1.165) is 9.26 Å². The van der Waals surface area contributed by atoms with Crippen molar-refractivity contribution in [2.45, 2.75) is 0 Å². The van der Waals surface area contributed by atoms with Crippen LogP contribution in [-0.2, 0) is 4.79 Å². The van der Waals surface area contributed by atoms with Crippen molar-refractivity contribution in [3.05, 3.63) is 27.8 Å². The normalized spacial score (nSPS) is 9.50.